The Labute approximate surface area is 95.6 Å². The SMILES string of the molecule is CC(C)(C)OC(=O)NC1CCN(C(=N)N)C1. The summed E-state index contributed by atoms with van der Waals surface area (Å²) in [5, 5.41) is 10.0. The first kappa shape index (κ1) is 12.6. The number of amides is 1. The monoisotopic (exact) mass is 228 g/mol. The summed E-state index contributed by atoms with van der Waals surface area (Å²) >= 11 is 0. The Balaban J connectivity index is 2.34. The normalized spacial score (nSPS) is 20.7. The second kappa shape index (κ2) is 4.59. The van der Waals surface area contributed by atoms with Crippen LogP contribution in [0.5, 0.6) is 0 Å². The predicted octanol–water partition coefficient (Wildman–Crippen LogP) is 0.479. The molecule has 1 fully saturated rings. The van der Waals surface area contributed by atoms with Crippen LogP contribution in [0, 0.1) is 5.41 Å². The Bertz CT molecular complexity index is 285. The van der Waals surface area contributed by atoms with E-state index in [1.807, 2.05) is 20.8 Å². The molecule has 0 spiro atoms. The van der Waals surface area contributed by atoms with Gasteiger partial charge in [0, 0.05) is 13.1 Å². The van der Waals surface area contributed by atoms with Gasteiger partial charge in [0.15, 0.2) is 5.96 Å². The third-order valence-electron chi connectivity index (χ3n) is 2.25. The maximum absolute atomic E-state index is 11.5. The van der Waals surface area contributed by atoms with Crippen LogP contribution in [0.2, 0.25) is 0 Å². The highest BCUT2D eigenvalue weighted by Gasteiger charge is 2.26. The van der Waals surface area contributed by atoms with Crippen molar-refractivity contribution < 1.29 is 9.53 Å². The highest BCUT2D eigenvalue weighted by atomic mass is 16.6. The molecule has 0 aliphatic carbocycles. The van der Waals surface area contributed by atoms with Crippen LogP contribution in [0.3, 0.4) is 0 Å². The van der Waals surface area contributed by atoms with E-state index in [1.54, 1.807) is 4.90 Å². The molecule has 0 aromatic heterocycles. The molecule has 0 bridgehead atoms. The van der Waals surface area contributed by atoms with Gasteiger partial charge in [-0.1, -0.05) is 0 Å². The maximum Gasteiger partial charge on any atom is 0.407 e. The highest BCUT2D eigenvalue weighted by Crippen LogP contribution is 2.10. The third kappa shape index (κ3) is 3.96. The number of rotatable bonds is 1. The molecular weight excluding hydrogens is 208 g/mol. The van der Waals surface area contributed by atoms with Gasteiger partial charge < -0.3 is 20.7 Å². The van der Waals surface area contributed by atoms with Crippen molar-refractivity contribution in [2.75, 3.05) is 13.1 Å². The number of likely N-dealkylation sites (tertiary alicyclic amines) is 1. The van der Waals surface area contributed by atoms with Crippen molar-refractivity contribution >= 4 is 12.1 Å². The zero-order chi connectivity index (χ0) is 12.3. The summed E-state index contributed by atoms with van der Waals surface area (Å²) in [5.74, 6) is 0.0495. The number of nitrogens with one attached hydrogen (secondary N) is 2. The van der Waals surface area contributed by atoms with Gasteiger partial charge in [-0.05, 0) is 27.2 Å². The number of ether oxygens (including phenoxy) is 1. The van der Waals surface area contributed by atoms with E-state index >= 15 is 0 Å². The quantitative estimate of drug-likeness (QED) is 0.449. The van der Waals surface area contributed by atoms with E-state index in [1.165, 1.54) is 0 Å². The molecule has 4 N–H and O–H groups in total. The standard InChI is InChI=1S/C10H20N4O2/c1-10(2,3)16-9(15)13-7-4-5-14(6-7)8(11)12/h7H,4-6H2,1-3H3,(H3,11,12)(H,13,15). The molecule has 1 rings (SSSR count). The van der Waals surface area contributed by atoms with Gasteiger partial charge >= 0.3 is 6.09 Å². The van der Waals surface area contributed by atoms with Gasteiger partial charge in [0.2, 0.25) is 0 Å². The Morgan fingerprint density at radius 3 is 2.62 bits per heavy atom. The van der Waals surface area contributed by atoms with Crippen molar-refractivity contribution in [3.8, 4) is 0 Å². The fourth-order valence-electron chi connectivity index (χ4n) is 1.57. The number of guanidine groups is 1. The van der Waals surface area contributed by atoms with Crippen molar-refractivity contribution in [3.05, 3.63) is 0 Å². The van der Waals surface area contributed by atoms with Crippen LogP contribution in [0.15, 0.2) is 0 Å². The van der Waals surface area contributed by atoms with Crippen molar-refractivity contribution in [1.82, 2.24) is 10.2 Å². The van der Waals surface area contributed by atoms with Crippen LogP contribution in [-0.2, 0) is 4.74 Å². The molecule has 1 unspecified atom stereocenters. The van der Waals surface area contributed by atoms with Crippen LogP contribution in [0.4, 0.5) is 4.79 Å². The molecule has 16 heavy (non-hydrogen) atoms. The summed E-state index contributed by atoms with van der Waals surface area (Å²) in [6.07, 6.45) is 0.377. The highest BCUT2D eigenvalue weighted by molar-refractivity contribution is 5.75. The first-order valence-corrected chi connectivity index (χ1v) is 5.36. The van der Waals surface area contributed by atoms with Crippen molar-refractivity contribution in [3.63, 3.8) is 0 Å². The van der Waals surface area contributed by atoms with Crippen LogP contribution in [0.25, 0.3) is 0 Å². The van der Waals surface area contributed by atoms with Crippen molar-refractivity contribution in [2.45, 2.75) is 38.8 Å². The predicted molar refractivity (Wildman–Crippen MR) is 61.3 cm³/mol. The lowest BCUT2D eigenvalue weighted by molar-refractivity contribution is 0.0507. The van der Waals surface area contributed by atoms with Gasteiger partial charge in [-0.25, -0.2) is 4.79 Å². The molecule has 1 saturated heterocycles. The first-order chi connectivity index (χ1) is 7.28. The Hall–Kier alpha value is -1.46. The number of nitrogens with zero attached hydrogens (tertiary/aromatic N) is 1. The fraction of sp³-hybridized carbons (Fsp3) is 0.800. The van der Waals surface area contributed by atoms with Gasteiger partial charge in [0.1, 0.15) is 5.60 Å². The lowest BCUT2D eigenvalue weighted by Gasteiger charge is -2.22. The van der Waals surface area contributed by atoms with Gasteiger partial charge in [0.05, 0.1) is 6.04 Å². The minimum absolute atomic E-state index is 0.0127. The number of alkyl carbamates (subject to hydrolysis) is 1. The van der Waals surface area contributed by atoms with E-state index in [2.05, 4.69) is 5.32 Å². The van der Waals surface area contributed by atoms with E-state index in [0.717, 1.165) is 6.42 Å². The molecule has 1 amide bonds. The average molecular weight is 228 g/mol. The van der Waals surface area contributed by atoms with Gasteiger partial charge in [-0.2, -0.15) is 0 Å². The number of carbonyl (C=O) groups excluding carboxylic acids is 1. The molecule has 1 heterocycles. The molecule has 6 heteroatoms. The van der Waals surface area contributed by atoms with Crippen LogP contribution >= 0.6 is 0 Å². The summed E-state index contributed by atoms with van der Waals surface area (Å²) in [6.45, 7) is 6.75. The molecule has 0 saturated carbocycles. The van der Waals surface area contributed by atoms with Crippen LogP contribution < -0.4 is 11.1 Å². The molecule has 0 aromatic rings. The molecule has 1 atom stereocenters. The average Bonchev–Trinajstić information content (AvgIpc) is 2.48. The summed E-state index contributed by atoms with van der Waals surface area (Å²) in [6, 6.07) is 0.0127. The summed E-state index contributed by atoms with van der Waals surface area (Å²) < 4.78 is 5.14. The topological polar surface area (TPSA) is 91.4 Å². The minimum Gasteiger partial charge on any atom is -0.444 e. The Morgan fingerprint density at radius 1 is 1.56 bits per heavy atom. The minimum atomic E-state index is -0.483. The third-order valence-corrected chi connectivity index (χ3v) is 2.25. The number of nitrogens with two attached hydrogens (primary N) is 1. The van der Waals surface area contributed by atoms with Gasteiger partial charge in [-0.3, -0.25) is 5.41 Å². The van der Waals surface area contributed by atoms with Crippen molar-refractivity contribution in [2.24, 2.45) is 5.73 Å². The van der Waals surface area contributed by atoms with Gasteiger partial charge in [0.25, 0.3) is 0 Å². The van der Waals surface area contributed by atoms with Gasteiger partial charge in [-0.15, -0.1) is 0 Å². The molecule has 0 radical (unpaired) electrons. The Morgan fingerprint density at radius 2 is 2.19 bits per heavy atom. The summed E-state index contributed by atoms with van der Waals surface area (Å²) in [7, 11) is 0. The van der Waals surface area contributed by atoms with E-state index in [0.29, 0.717) is 13.1 Å². The van der Waals surface area contributed by atoms with E-state index in [4.69, 9.17) is 15.9 Å². The molecule has 0 aromatic carbocycles. The molecule has 6 nitrogen and oxygen atoms in total. The Kier molecular flexibility index (Phi) is 3.62. The largest absolute Gasteiger partial charge is 0.444 e. The second-order valence-electron chi connectivity index (χ2n) is 4.96. The lowest BCUT2D eigenvalue weighted by Crippen LogP contribution is -2.42. The zero-order valence-corrected chi connectivity index (χ0v) is 10.0. The molecule has 92 valence electrons. The van der Waals surface area contributed by atoms with Crippen molar-refractivity contribution in [1.29, 1.82) is 5.41 Å². The van der Waals surface area contributed by atoms with Crippen LogP contribution in [0.1, 0.15) is 27.2 Å². The van der Waals surface area contributed by atoms with E-state index in [-0.39, 0.29) is 12.0 Å². The second-order valence-corrected chi connectivity index (χ2v) is 4.96. The number of hydrogen-bond acceptors (Lipinski definition) is 3. The molecule has 1 aliphatic rings. The summed E-state index contributed by atoms with van der Waals surface area (Å²) in [4.78, 5) is 13.2. The first-order valence-electron chi connectivity index (χ1n) is 5.36. The number of carbonyl (C=O) groups is 1. The lowest BCUT2D eigenvalue weighted by atomic mass is 10.2. The van der Waals surface area contributed by atoms with E-state index < -0.39 is 11.7 Å². The maximum atomic E-state index is 11.5. The summed E-state index contributed by atoms with van der Waals surface area (Å²) in [5.41, 5.74) is 4.87. The zero-order valence-electron chi connectivity index (χ0n) is 10.0. The fourth-order valence-corrected chi connectivity index (χ4v) is 1.57. The molecule has 1 aliphatic heterocycles. The number of hydrogen-bond donors (Lipinski definition) is 3. The molecular formula is C10H20N4O2. The van der Waals surface area contributed by atoms with Crippen LogP contribution in [-0.4, -0.2) is 41.7 Å². The smallest absolute Gasteiger partial charge is 0.407 e. The van der Waals surface area contributed by atoms with E-state index in [9.17, 15) is 4.79 Å².